The van der Waals surface area contributed by atoms with E-state index in [0.717, 1.165) is 36.8 Å². The van der Waals surface area contributed by atoms with Gasteiger partial charge in [0.2, 0.25) is 0 Å². The Bertz CT molecular complexity index is 1310. The molecule has 2 aliphatic heterocycles. The van der Waals surface area contributed by atoms with Crippen molar-refractivity contribution in [1.29, 1.82) is 5.26 Å². The molecule has 2 aromatic heterocycles. The number of aromatic amines is 1. The number of H-pyrrole nitrogens is 1. The molecule has 2 saturated heterocycles. The Morgan fingerprint density at radius 1 is 1.16 bits per heavy atom. The van der Waals surface area contributed by atoms with Gasteiger partial charge in [-0.2, -0.15) is 5.26 Å². The summed E-state index contributed by atoms with van der Waals surface area (Å²) in [5.74, 6) is -2.35. The molecule has 0 saturated carbocycles. The number of nitrogens with zero attached hydrogens (tertiary/aromatic N) is 4. The van der Waals surface area contributed by atoms with Gasteiger partial charge in [0, 0.05) is 73.3 Å². The minimum absolute atomic E-state index is 0.00427. The molecule has 37 heavy (non-hydrogen) atoms. The van der Waals surface area contributed by atoms with Crippen LogP contribution in [0.3, 0.4) is 0 Å². The molecule has 0 spiro atoms. The van der Waals surface area contributed by atoms with E-state index in [1.54, 1.807) is 18.3 Å². The number of nitrogens with one attached hydrogen (secondary N) is 1. The number of carbonyl (C=O) groups excluding carboxylic acids is 1. The number of hydrogen-bond acceptors (Lipinski definition) is 5. The maximum absolute atomic E-state index is 13.7. The Morgan fingerprint density at radius 3 is 2.51 bits per heavy atom. The Morgan fingerprint density at radius 2 is 1.89 bits per heavy atom. The standard InChI is InChI=1S/C28H31F2N5O2/c1-18(2)34-11-7-21(8-12-34)37-22-5-6-24-23(15-22)25(19-3-4-20(16-31)32-17-19)26(33-24)27(36)35-13-9-28(29,30)10-14-35/h3-6,15,17-18,21,33H,7-14H2,1-2H3. The summed E-state index contributed by atoms with van der Waals surface area (Å²) in [4.78, 5) is 24.9. The molecule has 0 aliphatic carbocycles. The smallest absolute Gasteiger partial charge is 0.270 e. The summed E-state index contributed by atoms with van der Waals surface area (Å²) in [6.45, 7) is 6.38. The van der Waals surface area contributed by atoms with Crippen LogP contribution in [-0.4, -0.2) is 69.9 Å². The van der Waals surface area contributed by atoms with Gasteiger partial charge in [-0.25, -0.2) is 13.8 Å². The Balaban J connectivity index is 1.48. The number of rotatable bonds is 5. The highest BCUT2D eigenvalue weighted by molar-refractivity contribution is 6.10. The lowest BCUT2D eigenvalue weighted by Crippen LogP contribution is -2.43. The van der Waals surface area contributed by atoms with Crippen LogP contribution in [-0.2, 0) is 0 Å². The first-order valence-electron chi connectivity index (χ1n) is 12.8. The van der Waals surface area contributed by atoms with Crippen LogP contribution < -0.4 is 4.74 Å². The second kappa shape index (κ2) is 10.1. The summed E-state index contributed by atoms with van der Waals surface area (Å²) in [7, 11) is 0. The van der Waals surface area contributed by atoms with E-state index in [1.807, 2.05) is 24.3 Å². The number of benzene rings is 1. The highest BCUT2D eigenvalue weighted by Gasteiger charge is 2.37. The first kappa shape index (κ1) is 25.2. The van der Waals surface area contributed by atoms with E-state index in [-0.39, 0.29) is 43.6 Å². The number of nitriles is 1. The van der Waals surface area contributed by atoms with Gasteiger partial charge >= 0.3 is 0 Å². The molecule has 194 valence electrons. The lowest BCUT2D eigenvalue weighted by Gasteiger charge is -2.34. The van der Waals surface area contributed by atoms with Crippen molar-refractivity contribution in [3.05, 3.63) is 47.9 Å². The summed E-state index contributed by atoms with van der Waals surface area (Å²) in [6.07, 6.45) is 2.87. The van der Waals surface area contributed by atoms with Crippen LogP contribution in [0.5, 0.6) is 5.75 Å². The largest absolute Gasteiger partial charge is 0.490 e. The van der Waals surface area contributed by atoms with Gasteiger partial charge in [0.15, 0.2) is 0 Å². The summed E-state index contributed by atoms with van der Waals surface area (Å²) >= 11 is 0. The second-order valence-corrected chi connectivity index (χ2v) is 10.2. The molecular weight excluding hydrogens is 476 g/mol. The minimum Gasteiger partial charge on any atom is -0.490 e. The van der Waals surface area contributed by atoms with E-state index in [9.17, 15) is 13.6 Å². The van der Waals surface area contributed by atoms with E-state index in [1.165, 1.54) is 4.90 Å². The number of aromatic nitrogens is 2. The molecule has 7 nitrogen and oxygen atoms in total. The molecule has 0 radical (unpaired) electrons. The number of halogens is 2. The summed E-state index contributed by atoms with van der Waals surface area (Å²) < 4.78 is 33.8. The number of carbonyl (C=O) groups is 1. The van der Waals surface area contributed by atoms with Crippen molar-refractivity contribution in [2.75, 3.05) is 26.2 Å². The van der Waals surface area contributed by atoms with Gasteiger partial charge in [0.1, 0.15) is 29.3 Å². The summed E-state index contributed by atoms with van der Waals surface area (Å²) in [6, 6.07) is 11.6. The number of ether oxygens (including phenoxy) is 1. The predicted octanol–water partition coefficient (Wildman–Crippen LogP) is 5.22. The van der Waals surface area contributed by atoms with Crippen molar-refractivity contribution in [3.8, 4) is 22.9 Å². The number of pyridine rings is 1. The van der Waals surface area contributed by atoms with Crippen LogP contribution >= 0.6 is 0 Å². The lowest BCUT2D eigenvalue weighted by molar-refractivity contribution is -0.0494. The zero-order valence-corrected chi connectivity index (χ0v) is 21.1. The van der Waals surface area contributed by atoms with Crippen molar-refractivity contribution < 1.29 is 18.3 Å². The normalized spacial score (nSPS) is 18.8. The van der Waals surface area contributed by atoms with E-state index in [2.05, 4.69) is 28.7 Å². The van der Waals surface area contributed by atoms with E-state index < -0.39 is 5.92 Å². The molecule has 1 amide bonds. The molecule has 2 fully saturated rings. The molecule has 5 rings (SSSR count). The highest BCUT2D eigenvalue weighted by atomic mass is 19.3. The third-order valence-electron chi connectivity index (χ3n) is 7.44. The number of fused-ring (bicyclic) bond motifs is 1. The van der Waals surface area contributed by atoms with Gasteiger partial charge in [0.05, 0.1) is 0 Å². The Hall–Kier alpha value is -3.51. The maximum atomic E-state index is 13.7. The van der Waals surface area contributed by atoms with Gasteiger partial charge in [-0.1, -0.05) is 0 Å². The second-order valence-electron chi connectivity index (χ2n) is 10.2. The van der Waals surface area contributed by atoms with Gasteiger partial charge in [-0.15, -0.1) is 0 Å². The van der Waals surface area contributed by atoms with Crippen LogP contribution in [0.2, 0.25) is 0 Å². The molecule has 3 aromatic rings. The van der Waals surface area contributed by atoms with Crippen molar-refractivity contribution in [2.24, 2.45) is 0 Å². The first-order chi connectivity index (χ1) is 17.7. The van der Waals surface area contributed by atoms with Crippen molar-refractivity contribution in [3.63, 3.8) is 0 Å². The van der Waals surface area contributed by atoms with Crippen LogP contribution in [0.4, 0.5) is 8.78 Å². The summed E-state index contributed by atoms with van der Waals surface area (Å²) in [5.41, 5.74) is 2.64. The summed E-state index contributed by atoms with van der Waals surface area (Å²) in [5, 5.41) is 9.95. The number of piperidine rings is 2. The van der Waals surface area contributed by atoms with E-state index in [4.69, 9.17) is 10.00 Å². The zero-order valence-electron chi connectivity index (χ0n) is 21.1. The molecule has 0 unspecified atom stereocenters. The quantitative estimate of drug-likeness (QED) is 0.512. The van der Waals surface area contributed by atoms with Crippen LogP contribution in [0, 0.1) is 11.3 Å². The third-order valence-corrected chi connectivity index (χ3v) is 7.44. The number of amides is 1. The van der Waals surface area contributed by atoms with Crippen LogP contribution in [0.25, 0.3) is 22.0 Å². The zero-order chi connectivity index (χ0) is 26.2. The number of hydrogen-bond donors (Lipinski definition) is 1. The fourth-order valence-corrected chi connectivity index (χ4v) is 5.21. The number of alkyl halides is 2. The van der Waals surface area contributed by atoms with E-state index >= 15 is 0 Å². The van der Waals surface area contributed by atoms with Crippen LogP contribution in [0.1, 0.15) is 55.7 Å². The Kier molecular flexibility index (Phi) is 6.86. The van der Waals surface area contributed by atoms with Crippen LogP contribution in [0.15, 0.2) is 36.5 Å². The fourth-order valence-electron chi connectivity index (χ4n) is 5.21. The fraction of sp³-hybridized carbons (Fsp3) is 0.464. The first-order valence-corrected chi connectivity index (χ1v) is 12.8. The molecular formula is C28H31F2N5O2. The molecule has 4 heterocycles. The monoisotopic (exact) mass is 507 g/mol. The molecule has 2 aliphatic rings. The van der Waals surface area contributed by atoms with E-state index in [0.29, 0.717) is 28.6 Å². The maximum Gasteiger partial charge on any atom is 0.270 e. The van der Waals surface area contributed by atoms with Gasteiger partial charge in [-0.05, 0) is 57.0 Å². The third kappa shape index (κ3) is 5.30. The van der Waals surface area contributed by atoms with Crippen molar-refractivity contribution in [1.82, 2.24) is 19.8 Å². The average molecular weight is 508 g/mol. The molecule has 0 bridgehead atoms. The topological polar surface area (TPSA) is 85.2 Å². The molecule has 0 atom stereocenters. The molecule has 9 heteroatoms. The van der Waals surface area contributed by atoms with Crippen molar-refractivity contribution in [2.45, 2.75) is 57.6 Å². The lowest BCUT2D eigenvalue weighted by atomic mass is 10.0. The minimum atomic E-state index is -2.74. The average Bonchev–Trinajstić information content (AvgIpc) is 3.27. The SMILES string of the molecule is CC(C)N1CCC(Oc2ccc3[nH]c(C(=O)N4CCC(F)(F)CC4)c(-c4ccc(C#N)nc4)c3c2)CC1. The Labute approximate surface area is 215 Å². The highest BCUT2D eigenvalue weighted by Crippen LogP contribution is 2.37. The van der Waals surface area contributed by atoms with Crippen molar-refractivity contribution >= 4 is 16.8 Å². The van der Waals surface area contributed by atoms with Gasteiger partial charge < -0.3 is 19.5 Å². The molecule has 1 N–H and O–H groups in total. The number of likely N-dealkylation sites (tertiary alicyclic amines) is 2. The molecule has 1 aromatic carbocycles. The van der Waals surface area contributed by atoms with Gasteiger partial charge in [-0.3, -0.25) is 4.79 Å². The van der Waals surface area contributed by atoms with Gasteiger partial charge in [0.25, 0.3) is 11.8 Å². The predicted molar refractivity (Wildman–Crippen MR) is 137 cm³/mol.